The summed E-state index contributed by atoms with van der Waals surface area (Å²) in [5.74, 6) is 0.0685. The third-order valence-corrected chi connectivity index (χ3v) is 14.6. The number of ether oxygens (including phenoxy) is 2. The van der Waals surface area contributed by atoms with E-state index in [2.05, 4.69) is 34.6 Å². The van der Waals surface area contributed by atoms with E-state index in [1.807, 2.05) is 0 Å². The molecule has 11 atom stereocenters. The third kappa shape index (κ3) is 3.51. The summed E-state index contributed by atoms with van der Waals surface area (Å²) in [6.07, 6.45) is 9.19. The van der Waals surface area contributed by atoms with Gasteiger partial charge in [-0.3, -0.25) is 4.79 Å². The lowest BCUT2D eigenvalue weighted by molar-refractivity contribution is -0.250. The Morgan fingerprint density at radius 1 is 0.846 bits per heavy atom. The Morgan fingerprint density at radius 3 is 2.21 bits per heavy atom. The minimum atomic E-state index is -0.740. The molecule has 7 nitrogen and oxygen atoms in total. The predicted octanol–water partition coefficient (Wildman–Crippen LogP) is 4.82. The number of carboxylic acid groups (broad SMARTS) is 1. The monoisotopic (exact) mass is 546 g/mol. The molecule has 0 aromatic rings. The van der Waals surface area contributed by atoms with Gasteiger partial charge < -0.3 is 24.8 Å². The number of carboxylic acids is 1. The van der Waals surface area contributed by atoms with E-state index in [1.165, 1.54) is 0 Å². The molecule has 3 N–H and O–H groups in total. The first-order valence-electron chi connectivity index (χ1n) is 15.5. The van der Waals surface area contributed by atoms with Gasteiger partial charge in [0.2, 0.25) is 0 Å². The van der Waals surface area contributed by atoms with E-state index in [-0.39, 0.29) is 52.1 Å². The Morgan fingerprint density at radius 2 is 1.56 bits per heavy atom. The molecule has 0 amide bonds. The summed E-state index contributed by atoms with van der Waals surface area (Å²) in [6.45, 7) is 12.0. The second kappa shape index (κ2) is 8.67. The molecular weight excluding hydrogens is 496 g/mol. The van der Waals surface area contributed by atoms with Crippen LogP contribution in [-0.4, -0.2) is 58.8 Å². The van der Waals surface area contributed by atoms with Crippen molar-refractivity contribution < 1.29 is 34.4 Å². The van der Waals surface area contributed by atoms with Crippen LogP contribution in [0.1, 0.15) is 98.8 Å². The fraction of sp³-hybridized carbons (Fsp3) is 0.938. The maximum Gasteiger partial charge on any atom is 0.331 e. The van der Waals surface area contributed by atoms with Crippen LogP contribution in [0, 0.1) is 56.7 Å². The lowest BCUT2D eigenvalue weighted by Gasteiger charge is -2.72. The summed E-state index contributed by atoms with van der Waals surface area (Å²) in [7, 11) is 0. The van der Waals surface area contributed by atoms with Crippen molar-refractivity contribution in [2.45, 2.75) is 111 Å². The van der Waals surface area contributed by atoms with Crippen molar-refractivity contribution in [3.05, 3.63) is 0 Å². The Hall–Kier alpha value is -1.18. The first-order chi connectivity index (χ1) is 18.2. The second-order valence-corrected chi connectivity index (χ2v) is 15.8. The lowest BCUT2D eigenvalue weighted by Crippen LogP contribution is -2.67. The zero-order valence-corrected chi connectivity index (χ0v) is 24.6. The number of hydrogen-bond donors (Lipinski definition) is 3. The summed E-state index contributed by atoms with van der Waals surface area (Å²) in [5.41, 5.74) is -1.13. The summed E-state index contributed by atoms with van der Waals surface area (Å²) >= 11 is 0. The number of aliphatic hydroxyl groups is 2. The van der Waals surface area contributed by atoms with Crippen LogP contribution < -0.4 is 0 Å². The van der Waals surface area contributed by atoms with E-state index in [1.54, 1.807) is 0 Å². The molecule has 0 spiro atoms. The van der Waals surface area contributed by atoms with Crippen molar-refractivity contribution in [2.75, 3.05) is 19.8 Å². The predicted molar refractivity (Wildman–Crippen MR) is 145 cm³/mol. The number of carbonyl (C=O) groups excluding carboxylic acids is 1. The summed E-state index contributed by atoms with van der Waals surface area (Å²) < 4.78 is 11.4. The van der Waals surface area contributed by atoms with Crippen LogP contribution in [0.5, 0.6) is 0 Å². The maximum absolute atomic E-state index is 13.1. The Kier molecular flexibility index (Phi) is 6.22. The first-order valence-corrected chi connectivity index (χ1v) is 15.5. The molecule has 0 bridgehead atoms. The van der Waals surface area contributed by atoms with Crippen molar-refractivity contribution in [1.29, 1.82) is 0 Å². The molecule has 1 saturated heterocycles. The van der Waals surface area contributed by atoms with E-state index in [0.717, 1.165) is 51.4 Å². The van der Waals surface area contributed by atoms with Crippen LogP contribution in [-0.2, 0) is 19.1 Å². The highest BCUT2D eigenvalue weighted by molar-refractivity contribution is 5.76. The van der Waals surface area contributed by atoms with Crippen LogP contribution in [0.4, 0.5) is 0 Å². The van der Waals surface area contributed by atoms with Crippen LogP contribution in [0.3, 0.4) is 0 Å². The quantitative estimate of drug-likeness (QED) is 0.334. The molecule has 0 aromatic carbocycles. The number of aliphatic carboxylic acids is 1. The summed E-state index contributed by atoms with van der Waals surface area (Å²) in [4.78, 5) is 24.9. The SMILES string of the molecule is CC1(C)[C@H](O)CC[C@]2(C)[C@H]3CCC4[C@@H]5[C@H](C6(COC(=O)CO)CO6)CC[C@]5(C(=O)O)CC[C@@]4(C)[C@]3(C)CC[C@@H]12. The lowest BCUT2D eigenvalue weighted by atomic mass is 9.32. The van der Waals surface area contributed by atoms with E-state index in [4.69, 9.17) is 9.47 Å². The van der Waals surface area contributed by atoms with Gasteiger partial charge in [-0.25, -0.2) is 4.79 Å². The number of esters is 1. The molecule has 0 radical (unpaired) electrons. The normalized spacial score (nSPS) is 53.5. The highest BCUT2D eigenvalue weighted by Gasteiger charge is 2.74. The van der Waals surface area contributed by atoms with Gasteiger partial charge in [0.05, 0.1) is 18.1 Å². The van der Waals surface area contributed by atoms with Crippen LogP contribution in [0.2, 0.25) is 0 Å². The molecule has 0 aromatic heterocycles. The Bertz CT molecular complexity index is 1040. The fourth-order valence-corrected chi connectivity index (χ4v) is 12.3. The minimum Gasteiger partial charge on any atom is -0.481 e. The number of fused-ring (bicyclic) bond motifs is 7. The molecule has 5 aliphatic carbocycles. The molecule has 1 aliphatic heterocycles. The molecule has 1 heterocycles. The average Bonchev–Trinajstić information content (AvgIpc) is 3.56. The van der Waals surface area contributed by atoms with Gasteiger partial charge in [-0.15, -0.1) is 0 Å². The second-order valence-electron chi connectivity index (χ2n) is 15.8. The molecule has 2 unspecified atom stereocenters. The van der Waals surface area contributed by atoms with Crippen molar-refractivity contribution in [3.63, 3.8) is 0 Å². The van der Waals surface area contributed by atoms with Gasteiger partial charge in [-0.1, -0.05) is 34.6 Å². The summed E-state index contributed by atoms with van der Waals surface area (Å²) in [6, 6.07) is 0. The van der Waals surface area contributed by atoms with Gasteiger partial charge in [0.15, 0.2) is 0 Å². The molecule has 39 heavy (non-hydrogen) atoms. The standard InChI is InChI=1S/C32H50O7/c1-27(2)21-9-12-30(5)22(28(21,3)11-10-23(27)34)7-6-19-25-20(32(18-39-32)17-38-24(35)16-33)8-13-31(25,26(36)37)15-14-29(19,30)4/h19-23,25,33-34H,6-18H2,1-5H3,(H,36,37)/t19?,20-,21+,22-,23-,25-,28+,29-,30-,31+,32?/m1/s1. The third-order valence-electron chi connectivity index (χ3n) is 14.6. The average molecular weight is 547 g/mol. The van der Waals surface area contributed by atoms with E-state index >= 15 is 0 Å². The molecule has 5 saturated carbocycles. The molecular formula is C32H50O7. The van der Waals surface area contributed by atoms with E-state index in [0.29, 0.717) is 31.3 Å². The maximum atomic E-state index is 13.1. The van der Waals surface area contributed by atoms with Gasteiger partial charge in [-0.2, -0.15) is 0 Å². The molecule has 220 valence electrons. The van der Waals surface area contributed by atoms with Crippen LogP contribution in [0.25, 0.3) is 0 Å². The number of carbonyl (C=O) groups is 2. The number of hydrogen-bond acceptors (Lipinski definition) is 6. The van der Waals surface area contributed by atoms with E-state index < -0.39 is 29.6 Å². The zero-order chi connectivity index (χ0) is 28.2. The van der Waals surface area contributed by atoms with Gasteiger partial charge in [0.1, 0.15) is 18.8 Å². The van der Waals surface area contributed by atoms with E-state index in [9.17, 15) is 24.9 Å². The topological polar surface area (TPSA) is 117 Å². The van der Waals surface area contributed by atoms with Crippen molar-refractivity contribution >= 4 is 11.9 Å². The van der Waals surface area contributed by atoms with Gasteiger partial charge >= 0.3 is 11.9 Å². The van der Waals surface area contributed by atoms with Gasteiger partial charge in [-0.05, 0) is 115 Å². The van der Waals surface area contributed by atoms with Crippen LogP contribution >= 0.6 is 0 Å². The highest BCUT2D eigenvalue weighted by Crippen LogP contribution is 2.78. The smallest absolute Gasteiger partial charge is 0.331 e. The summed E-state index contributed by atoms with van der Waals surface area (Å²) in [5, 5.41) is 30.9. The molecule has 6 aliphatic rings. The van der Waals surface area contributed by atoms with Crippen molar-refractivity contribution in [2.24, 2.45) is 56.7 Å². The highest BCUT2D eigenvalue weighted by atomic mass is 16.6. The number of aliphatic hydroxyl groups excluding tert-OH is 2. The number of rotatable bonds is 5. The zero-order valence-electron chi connectivity index (χ0n) is 24.6. The van der Waals surface area contributed by atoms with Crippen molar-refractivity contribution in [3.8, 4) is 0 Å². The Balaban J connectivity index is 1.36. The number of epoxide rings is 1. The molecule has 7 heteroatoms. The molecule has 6 rings (SSSR count). The molecule has 6 fully saturated rings. The largest absolute Gasteiger partial charge is 0.481 e. The minimum absolute atomic E-state index is 0.00278. The fourth-order valence-electron chi connectivity index (χ4n) is 12.3. The van der Waals surface area contributed by atoms with Crippen LogP contribution in [0.15, 0.2) is 0 Å². The van der Waals surface area contributed by atoms with Gasteiger partial charge in [0, 0.05) is 0 Å². The Labute approximate surface area is 233 Å². The van der Waals surface area contributed by atoms with Gasteiger partial charge in [0.25, 0.3) is 0 Å². The van der Waals surface area contributed by atoms with Crippen molar-refractivity contribution in [1.82, 2.24) is 0 Å². The first kappa shape index (κ1) is 28.0.